The number of halogens is 1. The second-order valence-electron chi connectivity index (χ2n) is 5.01. The van der Waals surface area contributed by atoms with Gasteiger partial charge < -0.3 is 0 Å². The number of likely N-dealkylation sites (tertiary alicyclic amines) is 1. The van der Waals surface area contributed by atoms with Crippen LogP contribution >= 0.6 is 11.6 Å². The monoisotopic (exact) mass is 275 g/mol. The summed E-state index contributed by atoms with van der Waals surface area (Å²) in [6.45, 7) is 0.282. The van der Waals surface area contributed by atoms with Crippen molar-refractivity contribution >= 4 is 23.4 Å². The van der Waals surface area contributed by atoms with E-state index < -0.39 is 0 Å². The molecule has 1 aliphatic carbocycles. The maximum absolute atomic E-state index is 12.3. The number of nitrogens with zero attached hydrogens (tertiary/aromatic N) is 1. The first kappa shape index (κ1) is 12.4. The molecule has 0 N–H and O–H groups in total. The number of carbonyl (C=O) groups excluding carboxylic acids is 2. The van der Waals surface area contributed by atoms with Gasteiger partial charge in [-0.05, 0) is 24.5 Å². The molecular formula is C15H14ClNO2. The van der Waals surface area contributed by atoms with E-state index in [1.54, 1.807) is 6.07 Å². The third-order valence-electron chi connectivity index (χ3n) is 3.89. The predicted octanol–water partition coefficient (Wildman–Crippen LogP) is 2.79. The highest BCUT2D eigenvalue weighted by Gasteiger charge is 2.47. The molecule has 1 heterocycles. The van der Waals surface area contributed by atoms with Crippen molar-refractivity contribution in [1.29, 1.82) is 0 Å². The van der Waals surface area contributed by atoms with E-state index in [4.69, 9.17) is 11.6 Å². The third kappa shape index (κ3) is 2.08. The van der Waals surface area contributed by atoms with Crippen molar-refractivity contribution in [3.63, 3.8) is 0 Å². The number of rotatable bonds is 2. The molecule has 2 unspecified atom stereocenters. The van der Waals surface area contributed by atoms with Gasteiger partial charge in [-0.2, -0.15) is 0 Å². The van der Waals surface area contributed by atoms with Crippen molar-refractivity contribution in [2.45, 2.75) is 19.4 Å². The predicted molar refractivity (Wildman–Crippen MR) is 72.4 cm³/mol. The Kier molecular flexibility index (Phi) is 3.15. The van der Waals surface area contributed by atoms with Crippen LogP contribution in [0.4, 0.5) is 0 Å². The number of allylic oxidation sites excluding steroid dienone is 2. The highest BCUT2D eigenvalue weighted by atomic mass is 35.5. The SMILES string of the molecule is O=C1C2CC=CCC2C(=O)N1Cc1ccccc1Cl. The Morgan fingerprint density at radius 1 is 1.05 bits per heavy atom. The minimum Gasteiger partial charge on any atom is -0.278 e. The molecule has 1 fully saturated rings. The van der Waals surface area contributed by atoms with Gasteiger partial charge in [-0.3, -0.25) is 14.5 Å². The molecule has 2 atom stereocenters. The molecule has 4 heteroatoms. The lowest BCUT2D eigenvalue weighted by molar-refractivity contribution is -0.140. The van der Waals surface area contributed by atoms with E-state index in [0.717, 1.165) is 5.56 Å². The second-order valence-corrected chi connectivity index (χ2v) is 5.42. The molecular weight excluding hydrogens is 262 g/mol. The summed E-state index contributed by atoms with van der Waals surface area (Å²) in [5.74, 6) is -0.446. The summed E-state index contributed by atoms with van der Waals surface area (Å²) >= 11 is 6.09. The van der Waals surface area contributed by atoms with Gasteiger partial charge >= 0.3 is 0 Å². The number of hydrogen-bond acceptors (Lipinski definition) is 2. The Balaban J connectivity index is 1.85. The van der Waals surface area contributed by atoms with Crippen LogP contribution in [0.3, 0.4) is 0 Å². The number of carbonyl (C=O) groups is 2. The number of imide groups is 1. The summed E-state index contributed by atoms with van der Waals surface area (Å²) in [5.41, 5.74) is 0.817. The van der Waals surface area contributed by atoms with Crippen LogP contribution in [0, 0.1) is 11.8 Å². The van der Waals surface area contributed by atoms with Gasteiger partial charge in [0.1, 0.15) is 0 Å². The Morgan fingerprint density at radius 2 is 1.63 bits per heavy atom. The standard InChI is InChI=1S/C15H14ClNO2/c16-13-8-4-1-5-10(13)9-17-14(18)11-6-2-3-7-12(11)15(17)19/h1-5,8,11-12H,6-7,9H2. The van der Waals surface area contributed by atoms with E-state index >= 15 is 0 Å². The fourth-order valence-electron chi connectivity index (χ4n) is 2.82. The summed E-state index contributed by atoms with van der Waals surface area (Å²) < 4.78 is 0. The van der Waals surface area contributed by atoms with Crippen LogP contribution in [-0.4, -0.2) is 16.7 Å². The number of hydrogen-bond donors (Lipinski definition) is 0. The van der Waals surface area contributed by atoms with E-state index in [2.05, 4.69) is 0 Å². The average molecular weight is 276 g/mol. The van der Waals surface area contributed by atoms with Crippen LogP contribution in [0.2, 0.25) is 5.02 Å². The topological polar surface area (TPSA) is 37.4 Å². The zero-order valence-corrected chi connectivity index (χ0v) is 11.1. The first-order valence-corrected chi connectivity index (χ1v) is 6.80. The first-order chi connectivity index (χ1) is 9.18. The zero-order chi connectivity index (χ0) is 13.4. The molecule has 3 nitrogen and oxygen atoms in total. The molecule has 1 aromatic rings. The summed E-state index contributed by atoms with van der Waals surface area (Å²) in [7, 11) is 0. The molecule has 1 saturated heterocycles. The van der Waals surface area contributed by atoms with E-state index in [9.17, 15) is 9.59 Å². The molecule has 98 valence electrons. The van der Waals surface area contributed by atoms with E-state index in [-0.39, 0.29) is 30.2 Å². The minimum atomic E-state index is -0.167. The van der Waals surface area contributed by atoms with Crippen LogP contribution in [0.1, 0.15) is 18.4 Å². The fourth-order valence-corrected chi connectivity index (χ4v) is 3.02. The molecule has 0 spiro atoms. The lowest BCUT2D eigenvalue weighted by atomic mass is 9.85. The Morgan fingerprint density at radius 3 is 2.21 bits per heavy atom. The largest absolute Gasteiger partial charge is 0.278 e. The van der Waals surface area contributed by atoms with Crippen LogP contribution in [0.15, 0.2) is 36.4 Å². The van der Waals surface area contributed by atoms with Gasteiger partial charge in [0.2, 0.25) is 11.8 Å². The molecule has 1 aromatic carbocycles. The van der Waals surface area contributed by atoms with Crippen molar-refractivity contribution in [1.82, 2.24) is 4.90 Å². The Labute approximate surface area is 116 Å². The summed E-state index contributed by atoms with van der Waals surface area (Å²) in [5, 5.41) is 0.594. The minimum absolute atomic E-state index is 0.0562. The van der Waals surface area contributed by atoms with Crippen LogP contribution in [-0.2, 0) is 16.1 Å². The smallest absolute Gasteiger partial charge is 0.233 e. The lowest BCUT2D eigenvalue weighted by Gasteiger charge is -2.15. The van der Waals surface area contributed by atoms with Gasteiger partial charge in [0.05, 0.1) is 18.4 Å². The van der Waals surface area contributed by atoms with Crippen LogP contribution in [0.25, 0.3) is 0 Å². The van der Waals surface area contributed by atoms with Crippen LogP contribution in [0.5, 0.6) is 0 Å². The number of amides is 2. The van der Waals surface area contributed by atoms with Gasteiger partial charge in [-0.1, -0.05) is 42.0 Å². The highest BCUT2D eigenvalue weighted by Crippen LogP contribution is 2.36. The van der Waals surface area contributed by atoms with E-state index in [1.165, 1.54) is 4.90 Å². The van der Waals surface area contributed by atoms with Crippen molar-refractivity contribution in [2.24, 2.45) is 11.8 Å². The van der Waals surface area contributed by atoms with E-state index in [1.807, 2.05) is 30.4 Å². The highest BCUT2D eigenvalue weighted by molar-refractivity contribution is 6.31. The van der Waals surface area contributed by atoms with Gasteiger partial charge in [0, 0.05) is 5.02 Å². The lowest BCUT2D eigenvalue weighted by Crippen LogP contribution is -2.30. The van der Waals surface area contributed by atoms with Gasteiger partial charge in [-0.15, -0.1) is 0 Å². The fraction of sp³-hybridized carbons (Fsp3) is 0.333. The van der Waals surface area contributed by atoms with Crippen LogP contribution < -0.4 is 0 Å². The van der Waals surface area contributed by atoms with Crippen molar-refractivity contribution in [2.75, 3.05) is 0 Å². The summed E-state index contributed by atoms with van der Waals surface area (Å²) in [6, 6.07) is 7.32. The molecule has 3 rings (SSSR count). The van der Waals surface area contributed by atoms with Gasteiger partial charge in [0.25, 0.3) is 0 Å². The Hall–Kier alpha value is -1.61. The molecule has 1 aliphatic heterocycles. The van der Waals surface area contributed by atoms with Gasteiger partial charge in [0.15, 0.2) is 0 Å². The molecule has 2 aliphatic rings. The van der Waals surface area contributed by atoms with Crippen molar-refractivity contribution < 1.29 is 9.59 Å². The second kappa shape index (κ2) is 4.82. The zero-order valence-electron chi connectivity index (χ0n) is 10.4. The number of benzene rings is 1. The summed E-state index contributed by atoms with van der Waals surface area (Å²) in [6.07, 6.45) is 5.33. The average Bonchev–Trinajstić information content (AvgIpc) is 2.67. The Bertz CT molecular complexity index is 541. The third-order valence-corrected chi connectivity index (χ3v) is 4.25. The normalized spacial score (nSPS) is 25.8. The maximum Gasteiger partial charge on any atom is 0.233 e. The maximum atomic E-state index is 12.3. The molecule has 0 saturated carbocycles. The molecule has 0 bridgehead atoms. The quantitative estimate of drug-likeness (QED) is 0.615. The van der Waals surface area contributed by atoms with Gasteiger partial charge in [-0.25, -0.2) is 0 Å². The molecule has 19 heavy (non-hydrogen) atoms. The van der Waals surface area contributed by atoms with Crippen molar-refractivity contribution in [3.8, 4) is 0 Å². The van der Waals surface area contributed by atoms with Crippen molar-refractivity contribution in [3.05, 3.63) is 47.0 Å². The van der Waals surface area contributed by atoms with E-state index in [0.29, 0.717) is 17.9 Å². The molecule has 0 radical (unpaired) electrons. The summed E-state index contributed by atoms with van der Waals surface area (Å²) in [4.78, 5) is 26.0. The first-order valence-electron chi connectivity index (χ1n) is 6.42. The molecule has 2 amide bonds. The molecule has 0 aromatic heterocycles. The number of fused-ring (bicyclic) bond motifs is 1.